The minimum Gasteiger partial charge on any atom is -0.372 e. The molecule has 1 aromatic carbocycles. The Kier molecular flexibility index (Phi) is 3.45. The molecule has 1 N–H and O–H groups in total. The van der Waals surface area contributed by atoms with Gasteiger partial charge < -0.3 is 10.1 Å². The highest BCUT2D eigenvalue weighted by Gasteiger charge is 2.34. The lowest BCUT2D eigenvalue weighted by Crippen LogP contribution is -2.26. The van der Waals surface area contributed by atoms with Crippen LogP contribution in [-0.4, -0.2) is 19.2 Å². The number of benzene rings is 1. The van der Waals surface area contributed by atoms with Crippen molar-refractivity contribution in [1.29, 1.82) is 0 Å². The molecule has 3 rings (SSSR count). The van der Waals surface area contributed by atoms with Crippen molar-refractivity contribution in [2.45, 2.75) is 25.6 Å². The van der Waals surface area contributed by atoms with Gasteiger partial charge in [-0.3, -0.25) is 0 Å². The van der Waals surface area contributed by atoms with Gasteiger partial charge in [-0.25, -0.2) is 0 Å². The summed E-state index contributed by atoms with van der Waals surface area (Å²) >= 11 is 6.17. The Hall–Kier alpha value is -0.280. The Labute approximate surface area is 107 Å². The topological polar surface area (TPSA) is 21.3 Å². The minimum atomic E-state index is 0. The van der Waals surface area contributed by atoms with Crippen molar-refractivity contribution in [1.82, 2.24) is 5.32 Å². The Morgan fingerprint density at radius 3 is 3.00 bits per heavy atom. The molecular formula is C12H15Cl2NO. The summed E-state index contributed by atoms with van der Waals surface area (Å²) in [7, 11) is 0. The van der Waals surface area contributed by atoms with E-state index in [-0.39, 0.29) is 12.4 Å². The summed E-state index contributed by atoms with van der Waals surface area (Å²) in [6, 6.07) is 4.28. The van der Waals surface area contributed by atoms with Gasteiger partial charge in [0.1, 0.15) is 0 Å². The molecule has 0 spiro atoms. The van der Waals surface area contributed by atoms with E-state index in [1.807, 2.05) is 6.92 Å². The third-order valence-electron chi connectivity index (χ3n) is 3.43. The molecule has 88 valence electrons. The molecule has 0 amide bonds. The predicted molar refractivity (Wildman–Crippen MR) is 67.6 cm³/mol. The summed E-state index contributed by atoms with van der Waals surface area (Å²) in [5.74, 6) is 0.492. The van der Waals surface area contributed by atoms with E-state index in [1.54, 1.807) is 0 Å². The molecular weight excluding hydrogens is 245 g/mol. The number of fused-ring (bicyclic) bond motifs is 3. The van der Waals surface area contributed by atoms with E-state index in [1.165, 1.54) is 11.1 Å². The van der Waals surface area contributed by atoms with Crippen LogP contribution in [0.4, 0.5) is 0 Å². The lowest BCUT2D eigenvalue weighted by Gasteiger charge is -2.28. The molecule has 1 fully saturated rings. The third kappa shape index (κ3) is 1.84. The normalized spacial score (nSPS) is 26.9. The van der Waals surface area contributed by atoms with Gasteiger partial charge >= 0.3 is 0 Å². The first-order valence-corrected chi connectivity index (χ1v) is 5.75. The second-order valence-electron chi connectivity index (χ2n) is 4.41. The molecule has 2 aliphatic rings. The van der Waals surface area contributed by atoms with Crippen LogP contribution >= 0.6 is 24.0 Å². The van der Waals surface area contributed by atoms with Crippen LogP contribution in [0, 0.1) is 6.92 Å². The highest BCUT2D eigenvalue weighted by Crippen LogP contribution is 2.36. The molecule has 2 unspecified atom stereocenters. The lowest BCUT2D eigenvalue weighted by molar-refractivity contribution is 0.0299. The number of rotatable bonds is 0. The van der Waals surface area contributed by atoms with Crippen LogP contribution in [0.2, 0.25) is 5.02 Å². The van der Waals surface area contributed by atoms with Crippen LogP contribution < -0.4 is 5.32 Å². The molecule has 2 nitrogen and oxygen atoms in total. The number of hydrogen-bond acceptors (Lipinski definition) is 2. The first-order chi connectivity index (χ1) is 7.25. The fourth-order valence-corrected chi connectivity index (χ4v) is 2.74. The van der Waals surface area contributed by atoms with E-state index in [4.69, 9.17) is 16.3 Å². The van der Waals surface area contributed by atoms with Gasteiger partial charge in [-0.05, 0) is 29.7 Å². The van der Waals surface area contributed by atoms with E-state index in [0.29, 0.717) is 12.0 Å². The monoisotopic (exact) mass is 259 g/mol. The van der Waals surface area contributed by atoms with Gasteiger partial charge in [0.25, 0.3) is 0 Å². The molecule has 0 aromatic heterocycles. The van der Waals surface area contributed by atoms with Gasteiger partial charge in [0, 0.05) is 24.0 Å². The van der Waals surface area contributed by atoms with E-state index < -0.39 is 0 Å². The van der Waals surface area contributed by atoms with Crippen molar-refractivity contribution in [3.63, 3.8) is 0 Å². The second-order valence-corrected chi connectivity index (χ2v) is 4.82. The molecule has 2 heterocycles. The van der Waals surface area contributed by atoms with Gasteiger partial charge in [0.2, 0.25) is 0 Å². The SMILES string of the molecule is Cc1cc2c(cc1Cl)C1CNCC1OC2.Cl. The summed E-state index contributed by atoms with van der Waals surface area (Å²) in [4.78, 5) is 0. The average Bonchev–Trinajstić information content (AvgIpc) is 2.68. The largest absolute Gasteiger partial charge is 0.372 e. The van der Waals surface area contributed by atoms with Crippen molar-refractivity contribution in [2.24, 2.45) is 0 Å². The third-order valence-corrected chi connectivity index (χ3v) is 3.84. The minimum absolute atomic E-state index is 0. The smallest absolute Gasteiger partial charge is 0.0784 e. The standard InChI is InChI=1S/C12H14ClNO.ClH/c1-7-2-8-6-15-12-5-14-4-10(12)9(8)3-11(7)13;/h2-3,10,12,14H,4-6H2,1H3;1H. The van der Waals surface area contributed by atoms with Crippen molar-refractivity contribution < 1.29 is 4.74 Å². The molecule has 2 atom stereocenters. The van der Waals surface area contributed by atoms with Crippen LogP contribution in [0.1, 0.15) is 22.6 Å². The molecule has 4 heteroatoms. The summed E-state index contributed by atoms with van der Waals surface area (Å²) in [5, 5.41) is 4.25. The fraction of sp³-hybridized carbons (Fsp3) is 0.500. The maximum absolute atomic E-state index is 6.17. The Morgan fingerprint density at radius 1 is 1.38 bits per heavy atom. The Bertz CT molecular complexity index is 408. The van der Waals surface area contributed by atoms with Crippen molar-refractivity contribution in [3.8, 4) is 0 Å². The molecule has 2 aliphatic heterocycles. The summed E-state index contributed by atoms with van der Waals surface area (Å²) < 4.78 is 5.82. The van der Waals surface area contributed by atoms with Crippen LogP contribution in [0.3, 0.4) is 0 Å². The van der Waals surface area contributed by atoms with Crippen molar-refractivity contribution in [2.75, 3.05) is 13.1 Å². The lowest BCUT2D eigenvalue weighted by atomic mass is 9.89. The molecule has 16 heavy (non-hydrogen) atoms. The van der Waals surface area contributed by atoms with Crippen molar-refractivity contribution in [3.05, 3.63) is 33.8 Å². The van der Waals surface area contributed by atoms with Crippen molar-refractivity contribution >= 4 is 24.0 Å². The zero-order chi connectivity index (χ0) is 10.4. The second kappa shape index (κ2) is 4.53. The van der Waals surface area contributed by atoms with E-state index in [2.05, 4.69) is 17.4 Å². The molecule has 0 bridgehead atoms. The zero-order valence-electron chi connectivity index (χ0n) is 9.13. The summed E-state index contributed by atoms with van der Waals surface area (Å²) in [6.45, 7) is 4.75. The molecule has 0 aliphatic carbocycles. The Morgan fingerprint density at radius 2 is 2.19 bits per heavy atom. The number of halogens is 2. The van der Waals surface area contributed by atoms with Crippen LogP contribution in [0.15, 0.2) is 12.1 Å². The molecule has 0 saturated carbocycles. The van der Waals surface area contributed by atoms with Gasteiger partial charge in [0.05, 0.1) is 12.7 Å². The van der Waals surface area contributed by atoms with Gasteiger partial charge in [-0.15, -0.1) is 12.4 Å². The molecule has 1 saturated heterocycles. The quantitative estimate of drug-likeness (QED) is 0.774. The predicted octanol–water partition coefficient (Wildman–Crippen LogP) is 2.66. The Balaban J connectivity index is 0.000000963. The first-order valence-electron chi connectivity index (χ1n) is 5.37. The highest BCUT2D eigenvalue weighted by atomic mass is 35.5. The number of aryl methyl sites for hydroxylation is 1. The first kappa shape index (κ1) is 12.2. The van der Waals surface area contributed by atoms with E-state index in [0.717, 1.165) is 30.3 Å². The zero-order valence-corrected chi connectivity index (χ0v) is 10.7. The average molecular weight is 260 g/mol. The maximum atomic E-state index is 6.17. The van der Waals surface area contributed by atoms with Gasteiger partial charge in [0.15, 0.2) is 0 Å². The summed E-state index contributed by atoms with van der Waals surface area (Å²) in [5.41, 5.74) is 3.83. The maximum Gasteiger partial charge on any atom is 0.0784 e. The van der Waals surface area contributed by atoms with Crippen LogP contribution in [0.5, 0.6) is 0 Å². The van der Waals surface area contributed by atoms with E-state index >= 15 is 0 Å². The molecule has 0 radical (unpaired) electrons. The summed E-state index contributed by atoms with van der Waals surface area (Å²) in [6.07, 6.45) is 0.344. The number of ether oxygens (including phenoxy) is 1. The highest BCUT2D eigenvalue weighted by molar-refractivity contribution is 6.31. The molecule has 1 aromatic rings. The van der Waals surface area contributed by atoms with Crippen LogP contribution in [0.25, 0.3) is 0 Å². The van der Waals surface area contributed by atoms with E-state index in [9.17, 15) is 0 Å². The fourth-order valence-electron chi connectivity index (χ4n) is 2.56. The van der Waals surface area contributed by atoms with Crippen LogP contribution in [-0.2, 0) is 11.3 Å². The van der Waals surface area contributed by atoms with Gasteiger partial charge in [-0.1, -0.05) is 17.7 Å². The van der Waals surface area contributed by atoms with Gasteiger partial charge in [-0.2, -0.15) is 0 Å². The number of hydrogen-bond donors (Lipinski definition) is 1. The number of nitrogens with one attached hydrogen (secondary N) is 1.